The Morgan fingerprint density at radius 1 is 0.579 bits per heavy atom. The van der Waals surface area contributed by atoms with Crippen molar-refractivity contribution in [3.05, 3.63) is 48.6 Å². The molecule has 0 bridgehead atoms. The molecule has 0 aromatic carbocycles. The van der Waals surface area contributed by atoms with Gasteiger partial charge in [0.05, 0.1) is 19.8 Å². The molecule has 0 spiro atoms. The summed E-state index contributed by atoms with van der Waals surface area (Å²) < 4.78 is 22.8. The first kappa shape index (κ1) is 53.2. The fourth-order valence-electron chi connectivity index (χ4n) is 6.85. The van der Waals surface area contributed by atoms with E-state index in [1.54, 1.807) is 0 Å². The second-order valence-electron chi connectivity index (χ2n) is 15.8. The Hall–Kier alpha value is -1.85. The molecule has 0 aromatic rings. The smallest absolute Gasteiger partial charge is 0.306 e. The molecule has 0 aromatic heterocycles. The van der Waals surface area contributed by atoms with Crippen LogP contribution in [0.3, 0.4) is 0 Å². The molecule has 1 fully saturated rings. The summed E-state index contributed by atoms with van der Waals surface area (Å²) in [6.45, 7) is 4.42. The SMILES string of the molecule is CC/C=C\C/C=C\C/C=C\CCCCCCCCCCOCC(COC1OC(CO)C(O)C(O)C1O)OC(=O)CCCCCCC/C=C\CCCCCCCCC. The van der Waals surface area contributed by atoms with Crippen LogP contribution >= 0.6 is 0 Å². The number of carbonyl (C=O) groups excluding carboxylic acids is 1. The molecule has 332 valence electrons. The molecular weight excluding hydrogens is 721 g/mol. The standard InChI is InChI=1S/C48H86O9/c1-3-5-7-9-11-13-15-17-19-21-22-24-26-28-30-32-34-36-38-54-40-42(41-55-48-47(53)46(52)45(51)43(39-49)57-48)56-44(50)37-35-33-31-29-27-25-23-20-18-16-14-12-10-8-6-4-2/h5,7,11,13,17,19-20,23,42-43,45-49,51-53H,3-4,6,8-10,12,14-16,18,21-22,24-41H2,1-2H3/b7-5-,13-11-,19-17-,23-20-. The minimum absolute atomic E-state index is 0.120. The van der Waals surface area contributed by atoms with Crippen molar-refractivity contribution < 1.29 is 44.2 Å². The van der Waals surface area contributed by atoms with Crippen molar-refractivity contribution in [1.82, 2.24) is 0 Å². The van der Waals surface area contributed by atoms with Crippen molar-refractivity contribution >= 4 is 5.97 Å². The normalized spacial score (nSPS) is 20.8. The molecule has 9 heteroatoms. The molecule has 0 amide bonds. The van der Waals surface area contributed by atoms with Crippen LogP contribution in [-0.4, -0.2) is 89.6 Å². The first-order chi connectivity index (χ1) is 27.9. The summed E-state index contributed by atoms with van der Waals surface area (Å²) in [6, 6.07) is 0. The Bertz CT molecular complexity index is 1010. The molecule has 9 nitrogen and oxygen atoms in total. The van der Waals surface area contributed by atoms with Gasteiger partial charge in [0.2, 0.25) is 0 Å². The number of hydrogen-bond acceptors (Lipinski definition) is 9. The van der Waals surface area contributed by atoms with Gasteiger partial charge in [0.1, 0.15) is 30.5 Å². The van der Waals surface area contributed by atoms with Crippen LogP contribution in [0.5, 0.6) is 0 Å². The van der Waals surface area contributed by atoms with Crippen molar-refractivity contribution in [3.63, 3.8) is 0 Å². The number of allylic oxidation sites excluding steroid dienone is 8. The molecule has 1 aliphatic rings. The summed E-state index contributed by atoms with van der Waals surface area (Å²) in [5.74, 6) is -0.325. The zero-order valence-electron chi connectivity index (χ0n) is 36.3. The maximum absolute atomic E-state index is 12.8. The average Bonchev–Trinajstić information content (AvgIpc) is 3.21. The van der Waals surface area contributed by atoms with Gasteiger partial charge in [-0.05, 0) is 70.6 Å². The number of aliphatic hydroxyl groups is 4. The monoisotopic (exact) mass is 807 g/mol. The minimum atomic E-state index is -1.54. The Balaban J connectivity index is 2.26. The number of esters is 1. The fourth-order valence-corrected chi connectivity index (χ4v) is 6.85. The van der Waals surface area contributed by atoms with Crippen LogP contribution in [0.25, 0.3) is 0 Å². The summed E-state index contributed by atoms with van der Waals surface area (Å²) in [6.07, 6.45) is 41.3. The topological polar surface area (TPSA) is 135 Å². The summed E-state index contributed by atoms with van der Waals surface area (Å²) in [5, 5.41) is 40.1. The Kier molecular flexibility index (Phi) is 36.9. The molecule has 1 aliphatic heterocycles. The lowest BCUT2D eigenvalue weighted by molar-refractivity contribution is -0.305. The van der Waals surface area contributed by atoms with E-state index in [2.05, 4.69) is 62.5 Å². The van der Waals surface area contributed by atoms with Gasteiger partial charge in [0, 0.05) is 13.0 Å². The van der Waals surface area contributed by atoms with Crippen molar-refractivity contribution in [2.24, 2.45) is 0 Å². The van der Waals surface area contributed by atoms with Gasteiger partial charge in [-0.25, -0.2) is 0 Å². The van der Waals surface area contributed by atoms with Gasteiger partial charge in [-0.3, -0.25) is 4.79 Å². The Morgan fingerprint density at radius 2 is 1.07 bits per heavy atom. The fraction of sp³-hybridized carbons (Fsp3) is 0.812. The van der Waals surface area contributed by atoms with Crippen LogP contribution in [-0.2, 0) is 23.7 Å². The van der Waals surface area contributed by atoms with Crippen LogP contribution < -0.4 is 0 Å². The maximum Gasteiger partial charge on any atom is 0.306 e. The molecule has 1 heterocycles. The molecule has 6 unspecified atom stereocenters. The number of carbonyl (C=O) groups is 1. The van der Waals surface area contributed by atoms with E-state index in [-0.39, 0.29) is 19.2 Å². The third-order valence-electron chi connectivity index (χ3n) is 10.5. The predicted octanol–water partition coefficient (Wildman–Crippen LogP) is 10.5. The molecule has 0 saturated carbocycles. The third-order valence-corrected chi connectivity index (χ3v) is 10.5. The predicted molar refractivity (Wildman–Crippen MR) is 233 cm³/mol. The number of hydrogen-bond donors (Lipinski definition) is 4. The van der Waals surface area contributed by atoms with E-state index in [0.29, 0.717) is 13.0 Å². The van der Waals surface area contributed by atoms with E-state index in [9.17, 15) is 25.2 Å². The highest BCUT2D eigenvalue weighted by Gasteiger charge is 2.44. The van der Waals surface area contributed by atoms with Gasteiger partial charge < -0.3 is 39.4 Å². The lowest BCUT2D eigenvalue weighted by Gasteiger charge is -2.39. The lowest BCUT2D eigenvalue weighted by atomic mass is 9.99. The summed E-state index contributed by atoms with van der Waals surface area (Å²) in [4.78, 5) is 12.8. The average molecular weight is 807 g/mol. The molecule has 1 saturated heterocycles. The van der Waals surface area contributed by atoms with E-state index in [0.717, 1.165) is 77.0 Å². The van der Waals surface area contributed by atoms with Gasteiger partial charge in [-0.2, -0.15) is 0 Å². The summed E-state index contributed by atoms with van der Waals surface area (Å²) in [7, 11) is 0. The molecule has 1 rings (SSSR count). The van der Waals surface area contributed by atoms with Crippen LogP contribution in [0, 0.1) is 0 Å². The Morgan fingerprint density at radius 3 is 1.63 bits per heavy atom. The van der Waals surface area contributed by atoms with E-state index in [4.69, 9.17) is 18.9 Å². The molecule has 4 N–H and O–H groups in total. The largest absolute Gasteiger partial charge is 0.457 e. The van der Waals surface area contributed by atoms with Crippen LogP contribution in [0.2, 0.25) is 0 Å². The second-order valence-corrected chi connectivity index (χ2v) is 15.8. The minimum Gasteiger partial charge on any atom is -0.457 e. The first-order valence-corrected chi connectivity index (χ1v) is 23.2. The number of unbranched alkanes of at least 4 members (excludes halogenated alkanes) is 20. The van der Waals surface area contributed by atoms with E-state index in [1.807, 2.05) is 0 Å². The van der Waals surface area contributed by atoms with Crippen LogP contribution in [0.15, 0.2) is 48.6 Å². The highest BCUT2D eigenvalue weighted by atomic mass is 16.7. The molecule has 57 heavy (non-hydrogen) atoms. The number of ether oxygens (including phenoxy) is 4. The zero-order chi connectivity index (χ0) is 41.4. The lowest BCUT2D eigenvalue weighted by Crippen LogP contribution is -2.59. The third kappa shape index (κ3) is 30.8. The van der Waals surface area contributed by atoms with E-state index in [1.165, 1.54) is 89.9 Å². The van der Waals surface area contributed by atoms with Gasteiger partial charge in [-0.1, -0.05) is 159 Å². The summed E-state index contributed by atoms with van der Waals surface area (Å²) >= 11 is 0. The van der Waals surface area contributed by atoms with E-state index >= 15 is 0 Å². The van der Waals surface area contributed by atoms with E-state index < -0.39 is 43.4 Å². The van der Waals surface area contributed by atoms with Gasteiger partial charge in [0.15, 0.2) is 6.29 Å². The van der Waals surface area contributed by atoms with Gasteiger partial charge >= 0.3 is 5.97 Å². The van der Waals surface area contributed by atoms with Crippen molar-refractivity contribution in [1.29, 1.82) is 0 Å². The highest BCUT2D eigenvalue weighted by Crippen LogP contribution is 2.22. The second kappa shape index (κ2) is 39.6. The van der Waals surface area contributed by atoms with Crippen LogP contribution in [0.4, 0.5) is 0 Å². The summed E-state index contributed by atoms with van der Waals surface area (Å²) in [5.41, 5.74) is 0. The molecular formula is C48H86O9. The van der Waals surface area contributed by atoms with Crippen LogP contribution in [0.1, 0.15) is 187 Å². The molecule has 6 atom stereocenters. The highest BCUT2D eigenvalue weighted by molar-refractivity contribution is 5.69. The maximum atomic E-state index is 12.8. The number of aliphatic hydroxyl groups excluding tert-OH is 4. The number of rotatable bonds is 39. The van der Waals surface area contributed by atoms with Gasteiger partial charge in [-0.15, -0.1) is 0 Å². The zero-order valence-corrected chi connectivity index (χ0v) is 36.3. The quantitative estimate of drug-likeness (QED) is 0.0272. The molecule has 0 aliphatic carbocycles. The van der Waals surface area contributed by atoms with Crippen molar-refractivity contribution in [2.45, 2.75) is 224 Å². The van der Waals surface area contributed by atoms with Crippen molar-refractivity contribution in [3.8, 4) is 0 Å². The Labute approximate surface area is 348 Å². The molecule has 0 radical (unpaired) electrons. The van der Waals surface area contributed by atoms with Crippen molar-refractivity contribution in [2.75, 3.05) is 26.4 Å². The first-order valence-electron chi connectivity index (χ1n) is 23.2. The van der Waals surface area contributed by atoms with Gasteiger partial charge in [0.25, 0.3) is 0 Å².